The van der Waals surface area contributed by atoms with Gasteiger partial charge < -0.3 is 4.74 Å². The average Bonchev–Trinajstić information content (AvgIpc) is 2.43. The molecule has 0 saturated carbocycles. The zero-order valence-corrected chi connectivity index (χ0v) is 12.8. The lowest BCUT2D eigenvalue weighted by Crippen LogP contribution is -2.00. The van der Waals surface area contributed by atoms with Gasteiger partial charge in [-0.25, -0.2) is 19.3 Å². The van der Waals surface area contributed by atoms with Gasteiger partial charge in [0.25, 0.3) is 0 Å². The van der Waals surface area contributed by atoms with Crippen LogP contribution in [0.2, 0.25) is 5.28 Å². The molecule has 0 aliphatic rings. The van der Waals surface area contributed by atoms with Crippen LogP contribution >= 0.6 is 23.4 Å². The minimum atomic E-state index is -0.620. The number of nitriles is 1. The Morgan fingerprint density at radius 3 is 2.86 bits per heavy atom. The van der Waals surface area contributed by atoms with Crippen molar-refractivity contribution in [3.63, 3.8) is 0 Å². The fourth-order valence-electron chi connectivity index (χ4n) is 1.67. The Labute approximate surface area is 130 Å². The number of methoxy groups -OCH3 is 1. The van der Waals surface area contributed by atoms with Crippen molar-refractivity contribution in [3.05, 3.63) is 40.2 Å². The average molecular weight is 325 g/mol. The normalized spacial score (nSPS) is 10.4. The summed E-state index contributed by atoms with van der Waals surface area (Å²) < 4.78 is 18.8. The van der Waals surface area contributed by atoms with Gasteiger partial charge in [-0.2, -0.15) is 5.26 Å². The van der Waals surface area contributed by atoms with E-state index in [0.717, 1.165) is 18.0 Å². The van der Waals surface area contributed by atoms with Crippen LogP contribution in [0.25, 0.3) is 0 Å². The minimum absolute atomic E-state index is 0.0213. The predicted molar refractivity (Wildman–Crippen MR) is 75.5 cm³/mol. The molecule has 0 saturated heterocycles. The van der Waals surface area contributed by atoms with Crippen LogP contribution in [0.1, 0.15) is 16.8 Å². The Balaban J connectivity index is 2.48. The largest absolute Gasteiger partial charge is 0.380 e. The van der Waals surface area contributed by atoms with Gasteiger partial charge in [0.2, 0.25) is 5.28 Å². The predicted octanol–water partition coefficient (Wildman–Crippen LogP) is 3.14. The SMILES string of the molecule is COCc1cc(C)nc(Sc2nc(Cl)ncc2F)c1C#N. The smallest absolute Gasteiger partial charge is 0.223 e. The van der Waals surface area contributed by atoms with E-state index < -0.39 is 5.82 Å². The molecule has 2 rings (SSSR count). The molecular weight excluding hydrogens is 315 g/mol. The van der Waals surface area contributed by atoms with Crippen LogP contribution in [0.3, 0.4) is 0 Å². The second kappa shape index (κ2) is 6.80. The summed E-state index contributed by atoms with van der Waals surface area (Å²) in [5.74, 6) is -0.620. The molecule has 0 aliphatic carbocycles. The van der Waals surface area contributed by atoms with Crippen LogP contribution in [0.4, 0.5) is 4.39 Å². The molecule has 0 aliphatic heterocycles. The fourth-order valence-corrected chi connectivity index (χ4v) is 2.78. The first-order chi connectivity index (χ1) is 10.0. The molecule has 2 aromatic heterocycles. The first-order valence-corrected chi connectivity index (χ1v) is 7.00. The molecule has 8 heteroatoms. The van der Waals surface area contributed by atoms with E-state index in [1.807, 2.05) is 0 Å². The Morgan fingerprint density at radius 2 is 2.19 bits per heavy atom. The van der Waals surface area contributed by atoms with E-state index in [-0.39, 0.29) is 16.9 Å². The highest BCUT2D eigenvalue weighted by Crippen LogP contribution is 2.31. The van der Waals surface area contributed by atoms with Gasteiger partial charge in [-0.05, 0) is 36.4 Å². The van der Waals surface area contributed by atoms with Crippen LogP contribution in [-0.4, -0.2) is 22.1 Å². The zero-order chi connectivity index (χ0) is 15.4. The number of halogens is 2. The number of ether oxygens (including phenoxy) is 1. The van der Waals surface area contributed by atoms with Gasteiger partial charge in [0.15, 0.2) is 5.82 Å². The van der Waals surface area contributed by atoms with Crippen molar-refractivity contribution in [1.82, 2.24) is 15.0 Å². The summed E-state index contributed by atoms with van der Waals surface area (Å²) in [5, 5.41) is 9.62. The summed E-state index contributed by atoms with van der Waals surface area (Å²) in [7, 11) is 1.54. The molecule has 21 heavy (non-hydrogen) atoms. The van der Waals surface area contributed by atoms with E-state index in [2.05, 4.69) is 21.0 Å². The van der Waals surface area contributed by atoms with Gasteiger partial charge in [-0.15, -0.1) is 0 Å². The third-order valence-electron chi connectivity index (χ3n) is 2.48. The number of aromatic nitrogens is 3. The monoisotopic (exact) mass is 324 g/mol. The van der Waals surface area contributed by atoms with Crippen LogP contribution in [0, 0.1) is 24.1 Å². The third kappa shape index (κ3) is 3.67. The van der Waals surface area contributed by atoms with Gasteiger partial charge >= 0.3 is 0 Å². The Hall–Kier alpha value is -1.75. The summed E-state index contributed by atoms with van der Waals surface area (Å²) in [4.78, 5) is 11.6. The molecule has 0 radical (unpaired) electrons. The van der Waals surface area contributed by atoms with Crippen LogP contribution in [0.5, 0.6) is 0 Å². The highest BCUT2D eigenvalue weighted by molar-refractivity contribution is 7.99. The maximum Gasteiger partial charge on any atom is 0.223 e. The van der Waals surface area contributed by atoms with E-state index in [9.17, 15) is 9.65 Å². The summed E-state index contributed by atoms with van der Waals surface area (Å²) >= 11 is 6.60. The Morgan fingerprint density at radius 1 is 1.43 bits per heavy atom. The van der Waals surface area contributed by atoms with Gasteiger partial charge in [0, 0.05) is 18.4 Å². The number of rotatable bonds is 4. The molecule has 0 unspecified atom stereocenters. The summed E-state index contributed by atoms with van der Waals surface area (Å²) in [5.41, 5.74) is 1.72. The van der Waals surface area contributed by atoms with Crippen LogP contribution in [0.15, 0.2) is 22.3 Å². The number of hydrogen-bond acceptors (Lipinski definition) is 6. The van der Waals surface area contributed by atoms with Crippen LogP contribution < -0.4 is 0 Å². The first kappa shape index (κ1) is 15.6. The van der Waals surface area contributed by atoms with Crippen molar-refractivity contribution in [1.29, 1.82) is 5.26 Å². The van der Waals surface area contributed by atoms with Crippen LogP contribution in [-0.2, 0) is 11.3 Å². The summed E-state index contributed by atoms with van der Waals surface area (Å²) in [6.45, 7) is 2.06. The second-order valence-electron chi connectivity index (χ2n) is 4.04. The highest BCUT2D eigenvalue weighted by Gasteiger charge is 2.16. The molecule has 0 N–H and O–H groups in total. The van der Waals surface area contributed by atoms with Gasteiger partial charge in [0.1, 0.15) is 16.1 Å². The van der Waals surface area contributed by atoms with Crippen molar-refractivity contribution < 1.29 is 9.13 Å². The lowest BCUT2D eigenvalue weighted by atomic mass is 10.1. The second-order valence-corrected chi connectivity index (χ2v) is 5.36. The summed E-state index contributed by atoms with van der Waals surface area (Å²) in [6, 6.07) is 3.83. The molecule has 5 nitrogen and oxygen atoms in total. The highest BCUT2D eigenvalue weighted by atomic mass is 35.5. The van der Waals surface area contributed by atoms with Crippen molar-refractivity contribution in [2.24, 2.45) is 0 Å². The molecule has 2 aromatic rings. The minimum Gasteiger partial charge on any atom is -0.380 e. The Bertz CT molecular complexity index is 720. The van der Waals surface area contributed by atoms with Crippen molar-refractivity contribution >= 4 is 23.4 Å². The fraction of sp³-hybridized carbons (Fsp3) is 0.231. The molecule has 0 fully saturated rings. The quantitative estimate of drug-likeness (QED) is 0.635. The number of pyridine rings is 1. The lowest BCUT2D eigenvalue weighted by molar-refractivity contribution is 0.184. The van der Waals surface area contributed by atoms with Gasteiger partial charge in [0.05, 0.1) is 18.4 Å². The zero-order valence-electron chi connectivity index (χ0n) is 11.2. The lowest BCUT2D eigenvalue weighted by Gasteiger charge is -2.09. The topological polar surface area (TPSA) is 71.7 Å². The van der Waals surface area contributed by atoms with E-state index in [1.54, 1.807) is 13.0 Å². The molecule has 0 amide bonds. The van der Waals surface area contributed by atoms with Gasteiger partial charge in [-0.1, -0.05) is 0 Å². The Kier molecular flexibility index (Phi) is 5.07. The number of aryl methyl sites for hydroxylation is 1. The third-order valence-corrected chi connectivity index (χ3v) is 3.63. The maximum absolute atomic E-state index is 13.7. The molecule has 0 bridgehead atoms. The molecule has 2 heterocycles. The van der Waals surface area contributed by atoms with E-state index in [1.165, 1.54) is 7.11 Å². The van der Waals surface area contributed by atoms with Gasteiger partial charge in [-0.3, -0.25) is 0 Å². The number of nitrogens with zero attached hydrogens (tertiary/aromatic N) is 4. The van der Waals surface area contributed by atoms with E-state index in [4.69, 9.17) is 16.3 Å². The standard InChI is InChI=1S/C13H10ClFN4OS/c1-7-3-8(6-20-2)9(4-16)11(18-7)21-12-10(15)5-17-13(14)19-12/h3,5H,6H2,1-2H3. The molecule has 0 aromatic carbocycles. The molecule has 108 valence electrons. The van der Waals surface area contributed by atoms with E-state index in [0.29, 0.717) is 21.8 Å². The molecule has 0 atom stereocenters. The van der Waals surface area contributed by atoms with E-state index >= 15 is 0 Å². The molecule has 0 spiro atoms. The first-order valence-electron chi connectivity index (χ1n) is 5.80. The van der Waals surface area contributed by atoms with Crippen molar-refractivity contribution in [2.75, 3.05) is 7.11 Å². The van der Waals surface area contributed by atoms with Crippen molar-refractivity contribution in [2.45, 2.75) is 23.6 Å². The number of hydrogen-bond donors (Lipinski definition) is 0. The van der Waals surface area contributed by atoms with Crippen molar-refractivity contribution in [3.8, 4) is 6.07 Å². The molecular formula is C13H10ClFN4OS. The maximum atomic E-state index is 13.7. The summed E-state index contributed by atoms with van der Waals surface area (Å²) in [6.07, 6.45) is 0.982.